The van der Waals surface area contributed by atoms with Gasteiger partial charge in [0.1, 0.15) is 0 Å². The van der Waals surface area contributed by atoms with Gasteiger partial charge in [-0.05, 0) is 38.1 Å². The third-order valence-corrected chi connectivity index (χ3v) is 3.53. The molecule has 1 aromatic carbocycles. The predicted molar refractivity (Wildman–Crippen MR) is 92.4 cm³/mol. The van der Waals surface area contributed by atoms with E-state index in [2.05, 4.69) is 20.3 Å². The fourth-order valence-electron chi connectivity index (χ4n) is 2.13. The number of alkyl halides is 3. The Kier molecular flexibility index (Phi) is 5.66. The number of nitrogens with one attached hydrogen (secondary N) is 1. The quantitative estimate of drug-likeness (QED) is 0.856. The maximum atomic E-state index is 12.6. The first-order chi connectivity index (χ1) is 11.7. The number of hydrogen-bond donors (Lipinski definition) is 1. The summed E-state index contributed by atoms with van der Waals surface area (Å²) in [5, 5.41) is 2.94. The number of rotatable bonds is 6. The summed E-state index contributed by atoms with van der Waals surface area (Å²) < 4.78 is 37.9. The monoisotopic (exact) mass is 354 g/mol. The van der Waals surface area contributed by atoms with Crippen LogP contribution in [0.3, 0.4) is 0 Å². The first-order valence-electron chi connectivity index (χ1n) is 7.87. The molecule has 2 aromatic rings. The second kappa shape index (κ2) is 7.54. The molecule has 136 valence electrons. The fraction of sp³-hybridized carbons (Fsp3) is 0.438. The van der Waals surface area contributed by atoms with Crippen molar-refractivity contribution in [2.24, 2.45) is 0 Å². The van der Waals surface area contributed by atoms with Crippen LogP contribution in [0.5, 0.6) is 0 Å². The summed E-state index contributed by atoms with van der Waals surface area (Å²) in [6, 6.07) is 4.72. The number of anilines is 4. The Morgan fingerprint density at radius 2 is 1.48 bits per heavy atom. The third-order valence-electron chi connectivity index (χ3n) is 3.53. The van der Waals surface area contributed by atoms with Crippen LogP contribution in [0.4, 0.5) is 36.7 Å². The van der Waals surface area contributed by atoms with Gasteiger partial charge in [-0.2, -0.15) is 28.1 Å². The minimum absolute atomic E-state index is 0.278. The molecule has 0 aliphatic carbocycles. The van der Waals surface area contributed by atoms with Gasteiger partial charge in [0.15, 0.2) is 0 Å². The molecule has 1 aromatic heterocycles. The minimum atomic E-state index is -4.36. The molecule has 0 saturated carbocycles. The second-order valence-electron chi connectivity index (χ2n) is 5.53. The maximum absolute atomic E-state index is 12.6. The zero-order valence-electron chi connectivity index (χ0n) is 14.6. The van der Waals surface area contributed by atoms with Crippen molar-refractivity contribution in [1.29, 1.82) is 0 Å². The fourth-order valence-corrected chi connectivity index (χ4v) is 2.13. The van der Waals surface area contributed by atoms with Crippen molar-refractivity contribution in [3.05, 3.63) is 29.8 Å². The van der Waals surface area contributed by atoms with Crippen molar-refractivity contribution in [3.63, 3.8) is 0 Å². The van der Waals surface area contributed by atoms with Gasteiger partial charge in [-0.25, -0.2) is 0 Å². The average Bonchev–Trinajstić information content (AvgIpc) is 2.55. The van der Waals surface area contributed by atoms with E-state index in [-0.39, 0.29) is 5.95 Å². The summed E-state index contributed by atoms with van der Waals surface area (Å²) in [5.41, 5.74) is -0.235. The lowest BCUT2D eigenvalue weighted by Gasteiger charge is -2.21. The van der Waals surface area contributed by atoms with Crippen molar-refractivity contribution < 1.29 is 13.2 Å². The molecule has 0 unspecified atom stereocenters. The highest BCUT2D eigenvalue weighted by Crippen LogP contribution is 2.30. The van der Waals surface area contributed by atoms with E-state index in [4.69, 9.17) is 0 Å². The molecule has 0 atom stereocenters. The third kappa shape index (κ3) is 4.71. The zero-order chi connectivity index (χ0) is 18.6. The van der Waals surface area contributed by atoms with Crippen LogP contribution in [-0.2, 0) is 6.18 Å². The van der Waals surface area contributed by atoms with E-state index in [9.17, 15) is 13.2 Å². The summed E-state index contributed by atoms with van der Waals surface area (Å²) in [4.78, 5) is 16.8. The summed E-state index contributed by atoms with van der Waals surface area (Å²) in [5.74, 6) is 1.25. The van der Waals surface area contributed by atoms with Gasteiger partial charge >= 0.3 is 6.18 Å². The second-order valence-corrected chi connectivity index (χ2v) is 5.53. The molecule has 0 fully saturated rings. The van der Waals surface area contributed by atoms with Crippen molar-refractivity contribution in [2.75, 3.05) is 42.3 Å². The molecular formula is C16H21F3N6. The van der Waals surface area contributed by atoms with E-state index < -0.39 is 11.7 Å². The summed E-state index contributed by atoms with van der Waals surface area (Å²) in [6.07, 6.45) is -4.36. The normalized spacial score (nSPS) is 11.3. The molecular weight excluding hydrogens is 333 g/mol. The van der Waals surface area contributed by atoms with Crippen molar-refractivity contribution in [2.45, 2.75) is 20.0 Å². The average molecular weight is 354 g/mol. The molecule has 1 N–H and O–H groups in total. The molecule has 0 bridgehead atoms. The lowest BCUT2D eigenvalue weighted by atomic mass is 10.2. The Bertz CT molecular complexity index is 696. The van der Waals surface area contributed by atoms with Crippen LogP contribution in [-0.4, -0.2) is 42.1 Å². The first kappa shape index (κ1) is 18.8. The topological polar surface area (TPSA) is 57.2 Å². The highest BCUT2D eigenvalue weighted by atomic mass is 19.4. The first-order valence-corrected chi connectivity index (χ1v) is 7.87. The molecule has 0 radical (unpaired) electrons. The molecule has 9 heteroatoms. The van der Waals surface area contributed by atoms with Crippen LogP contribution >= 0.6 is 0 Å². The van der Waals surface area contributed by atoms with Crippen LogP contribution in [0.15, 0.2) is 24.3 Å². The van der Waals surface area contributed by atoms with Crippen LogP contribution in [0, 0.1) is 0 Å². The van der Waals surface area contributed by atoms with Crippen LogP contribution in [0.1, 0.15) is 19.4 Å². The smallest absolute Gasteiger partial charge is 0.347 e. The van der Waals surface area contributed by atoms with Crippen molar-refractivity contribution in [1.82, 2.24) is 15.0 Å². The maximum Gasteiger partial charge on any atom is 0.416 e. The Morgan fingerprint density at radius 3 is 1.96 bits per heavy atom. The molecule has 2 rings (SSSR count). The van der Waals surface area contributed by atoms with Gasteiger partial charge in [-0.3, -0.25) is 0 Å². The van der Waals surface area contributed by atoms with Gasteiger partial charge in [0, 0.05) is 32.9 Å². The van der Waals surface area contributed by atoms with Gasteiger partial charge in [-0.15, -0.1) is 0 Å². The van der Waals surface area contributed by atoms with Crippen LogP contribution in [0.2, 0.25) is 0 Å². The van der Waals surface area contributed by atoms with Gasteiger partial charge in [0.25, 0.3) is 0 Å². The van der Waals surface area contributed by atoms with Crippen LogP contribution in [0.25, 0.3) is 0 Å². The number of aromatic nitrogens is 3. The molecule has 25 heavy (non-hydrogen) atoms. The lowest BCUT2D eigenvalue weighted by Crippen LogP contribution is -2.26. The lowest BCUT2D eigenvalue weighted by molar-refractivity contribution is -0.137. The van der Waals surface area contributed by atoms with E-state index >= 15 is 0 Å². The van der Waals surface area contributed by atoms with E-state index in [1.54, 1.807) is 4.90 Å². The van der Waals surface area contributed by atoms with Gasteiger partial charge in [0.2, 0.25) is 17.8 Å². The Labute approximate surface area is 144 Å². The van der Waals surface area contributed by atoms with Crippen molar-refractivity contribution in [3.8, 4) is 0 Å². The van der Waals surface area contributed by atoms with E-state index in [0.717, 1.165) is 25.2 Å². The van der Waals surface area contributed by atoms with E-state index in [1.165, 1.54) is 12.1 Å². The minimum Gasteiger partial charge on any atom is -0.347 e. The van der Waals surface area contributed by atoms with Gasteiger partial charge in [-0.1, -0.05) is 0 Å². The summed E-state index contributed by atoms with van der Waals surface area (Å²) in [6.45, 7) is 5.44. The molecule has 0 amide bonds. The zero-order valence-corrected chi connectivity index (χ0v) is 14.6. The standard InChI is InChI=1S/C16H21F3N6/c1-5-25(6-2)15-22-13(21-14(23-15)24(3)4)20-12-9-7-11(8-10-12)16(17,18)19/h7-10H,5-6H2,1-4H3,(H,20,21,22,23). The molecule has 0 saturated heterocycles. The molecule has 0 aliphatic heterocycles. The largest absolute Gasteiger partial charge is 0.416 e. The Hall–Kier alpha value is -2.58. The number of hydrogen-bond acceptors (Lipinski definition) is 6. The van der Waals surface area contributed by atoms with Gasteiger partial charge in [0.05, 0.1) is 5.56 Å². The number of halogens is 3. The molecule has 6 nitrogen and oxygen atoms in total. The van der Waals surface area contributed by atoms with Gasteiger partial charge < -0.3 is 15.1 Å². The molecule has 1 heterocycles. The Balaban J connectivity index is 2.31. The Morgan fingerprint density at radius 1 is 0.920 bits per heavy atom. The van der Waals surface area contributed by atoms with E-state index in [1.807, 2.05) is 32.8 Å². The predicted octanol–water partition coefficient (Wildman–Crippen LogP) is 3.55. The summed E-state index contributed by atoms with van der Waals surface area (Å²) in [7, 11) is 3.62. The number of benzene rings is 1. The van der Waals surface area contributed by atoms with Crippen molar-refractivity contribution >= 4 is 23.5 Å². The highest BCUT2D eigenvalue weighted by molar-refractivity contribution is 5.56. The SMILES string of the molecule is CCN(CC)c1nc(Nc2ccc(C(F)(F)F)cc2)nc(N(C)C)n1. The highest BCUT2D eigenvalue weighted by Gasteiger charge is 2.30. The number of nitrogens with zero attached hydrogens (tertiary/aromatic N) is 5. The van der Waals surface area contributed by atoms with Crippen LogP contribution < -0.4 is 15.1 Å². The molecule has 0 aliphatic rings. The van der Waals surface area contributed by atoms with E-state index in [0.29, 0.717) is 17.6 Å². The molecule has 0 spiro atoms. The summed E-state index contributed by atoms with van der Waals surface area (Å²) >= 11 is 0.